The molecule has 0 bridgehead atoms. The number of carbonyl (C=O) groups excluding carboxylic acids is 1. The van der Waals surface area contributed by atoms with Crippen molar-refractivity contribution in [3.63, 3.8) is 0 Å². The predicted octanol–water partition coefficient (Wildman–Crippen LogP) is 2.66. The van der Waals surface area contributed by atoms with Crippen molar-refractivity contribution in [2.24, 2.45) is 0 Å². The lowest BCUT2D eigenvalue weighted by Crippen LogP contribution is -2.68. The molecule has 38 heavy (non-hydrogen) atoms. The van der Waals surface area contributed by atoms with E-state index in [1.54, 1.807) is 48.4 Å². The molecule has 0 saturated carbocycles. The minimum absolute atomic E-state index is 0.243. The molecule has 2 fully saturated rings. The lowest BCUT2D eigenvalue weighted by molar-refractivity contribution is -0.213. The average Bonchev–Trinajstić information content (AvgIpc) is 3.36. The summed E-state index contributed by atoms with van der Waals surface area (Å²) >= 11 is 11.0. The molecule has 2 N–H and O–H groups in total. The van der Waals surface area contributed by atoms with Gasteiger partial charge in [-0.05, 0) is 48.7 Å². The van der Waals surface area contributed by atoms with Gasteiger partial charge in [0.1, 0.15) is 40.8 Å². The van der Waals surface area contributed by atoms with Crippen molar-refractivity contribution >= 4 is 30.1 Å². The Morgan fingerprint density at radius 1 is 1.32 bits per heavy atom. The number of halogens is 2. The van der Waals surface area contributed by atoms with Crippen LogP contribution in [0, 0.1) is 12.7 Å². The third-order valence-electron chi connectivity index (χ3n) is 7.37. The molecule has 3 aromatic rings. The van der Waals surface area contributed by atoms with E-state index < -0.39 is 41.7 Å². The monoisotopic (exact) mass is 562 g/mol. The second-order valence-corrected chi connectivity index (χ2v) is 10.5. The lowest BCUT2D eigenvalue weighted by Gasteiger charge is -2.51. The maximum atomic E-state index is 14.4. The minimum atomic E-state index is -1.66. The van der Waals surface area contributed by atoms with Gasteiger partial charge in [0.15, 0.2) is 0 Å². The van der Waals surface area contributed by atoms with Gasteiger partial charge in [0.2, 0.25) is 0 Å². The minimum Gasteiger partial charge on any atom is -0.394 e. The smallest absolute Gasteiger partial charge is 0.254 e. The largest absolute Gasteiger partial charge is 0.394 e. The molecule has 2 aliphatic heterocycles. The van der Waals surface area contributed by atoms with Gasteiger partial charge in [0.05, 0.1) is 12.8 Å². The summed E-state index contributed by atoms with van der Waals surface area (Å²) in [5, 5.41) is 30.9. The van der Waals surface area contributed by atoms with Gasteiger partial charge in [-0.2, -0.15) is 0 Å². The quantitative estimate of drug-likeness (QED) is 0.396. The van der Waals surface area contributed by atoms with Gasteiger partial charge in [-0.25, -0.2) is 9.07 Å². The standard InChI is InChI=1S/C26H28ClFN4O5S/c1-14-4-5-15(10-19(14)28)20-12-32(30-29-20)26(22(34)21(13-33)37-25(38)23(26)36-2)18-11-16(27)6-7-17(18)24(35)31-8-3-9-31/h4-7,10-12,21-23,25,33-34,38H,3,8-9,13H2,1-2H3/t21-,22+,23+,25-,26?/m1/s1. The second-order valence-electron chi connectivity index (χ2n) is 9.52. The summed E-state index contributed by atoms with van der Waals surface area (Å²) in [6, 6.07) is 9.47. The van der Waals surface area contributed by atoms with Crippen LogP contribution in [-0.4, -0.2) is 86.6 Å². The summed E-state index contributed by atoms with van der Waals surface area (Å²) in [4.78, 5) is 15.3. The Morgan fingerprint density at radius 2 is 2.08 bits per heavy atom. The van der Waals surface area contributed by atoms with Crippen molar-refractivity contribution < 1.29 is 28.9 Å². The van der Waals surface area contributed by atoms with Crippen molar-refractivity contribution in [3.8, 4) is 11.3 Å². The molecular weight excluding hydrogens is 535 g/mol. The fraction of sp³-hybridized carbons (Fsp3) is 0.423. The first-order valence-electron chi connectivity index (χ1n) is 12.2. The second kappa shape index (κ2) is 10.6. The highest BCUT2D eigenvalue weighted by molar-refractivity contribution is 7.80. The molecule has 2 aliphatic rings. The van der Waals surface area contributed by atoms with Crippen molar-refractivity contribution in [2.75, 3.05) is 26.8 Å². The maximum absolute atomic E-state index is 14.4. The number of methoxy groups -OCH3 is 1. The number of amides is 1. The van der Waals surface area contributed by atoms with Crippen molar-refractivity contribution in [2.45, 2.75) is 42.6 Å². The number of rotatable bonds is 6. The number of aryl methyl sites for hydroxylation is 1. The molecule has 9 nitrogen and oxygen atoms in total. The van der Waals surface area contributed by atoms with Crippen molar-refractivity contribution in [3.05, 3.63) is 70.1 Å². The Hall–Kier alpha value is -2.54. The third-order valence-corrected chi connectivity index (χ3v) is 8.00. The van der Waals surface area contributed by atoms with Crippen LogP contribution >= 0.6 is 24.2 Å². The molecule has 12 heteroatoms. The molecule has 0 radical (unpaired) electrons. The highest BCUT2D eigenvalue weighted by Crippen LogP contribution is 2.46. The first-order chi connectivity index (χ1) is 18.2. The first kappa shape index (κ1) is 27.0. The molecule has 1 aromatic heterocycles. The Labute approximate surface area is 229 Å². The number of carbonyl (C=O) groups is 1. The van der Waals surface area contributed by atoms with E-state index in [0.29, 0.717) is 40.5 Å². The Balaban J connectivity index is 1.77. The maximum Gasteiger partial charge on any atom is 0.254 e. The van der Waals surface area contributed by atoms with Crippen LogP contribution < -0.4 is 0 Å². The van der Waals surface area contributed by atoms with E-state index in [-0.39, 0.29) is 11.5 Å². The molecule has 202 valence electrons. The number of benzene rings is 2. The third kappa shape index (κ3) is 4.31. The van der Waals surface area contributed by atoms with E-state index in [9.17, 15) is 19.4 Å². The molecule has 3 heterocycles. The molecule has 0 aliphatic carbocycles. The number of ether oxygens (including phenoxy) is 2. The summed E-state index contributed by atoms with van der Waals surface area (Å²) in [5.41, 5.74) is -0.743. The number of hydrogen-bond donors (Lipinski definition) is 3. The average molecular weight is 563 g/mol. The van der Waals surface area contributed by atoms with Crippen LogP contribution in [0.2, 0.25) is 5.02 Å². The van der Waals surface area contributed by atoms with E-state index in [1.807, 2.05) is 0 Å². The van der Waals surface area contributed by atoms with Crippen molar-refractivity contribution in [1.29, 1.82) is 0 Å². The molecule has 1 unspecified atom stereocenters. The van der Waals surface area contributed by atoms with Crippen LogP contribution in [0.25, 0.3) is 11.3 Å². The van der Waals surface area contributed by atoms with Crippen molar-refractivity contribution in [1.82, 2.24) is 19.9 Å². The molecule has 1 amide bonds. The fourth-order valence-corrected chi connectivity index (χ4v) is 5.87. The number of likely N-dealkylation sites (tertiary alicyclic amines) is 1. The van der Waals surface area contributed by atoms with E-state index in [1.165, 1.54) is 17.9 Å². The highest BCUT2D eigenvalue weighted by atomic mass is 35.5. The number of thiol groups is 1. The van der Waals surface area contributed by atoms with Crippen LogP contribution in [0.1, 0.15) is 27.9 Å². The number of aliphatic hydroxyl groups excluding tert-OH is 2. The Bertz CT molecular complexity index is 1350. The number of aliphatic hydroxyl groups is 2. The van der Waals surface area contributed by atoms with Crippen LogP contribution in [-0.2, 0) is 15.0 Å². The Morgan fingerprint density at radius 3 is 2.71 bits per heavy atom. The summed E-state index contributed by atoms with van der Waals surface area (Å²) in [6.45, 7) is 2.32. The van der Waals surface area contributed by atoms with Crippen LogP contribution in [0.4, 0.5) is 4.39 Å². The van der Waals surface area contributed by atoms with E-state index in [0.717, 1.165) is 6.42 Å². The van der Waals surface area contributed by atoms with Crippen LogP contribution in [0.15, 0.2) is 42.6 Å². The molecule has 5 atom stereocenters. The molecule has 2 saturated heterocycles. The highest BCUT2D eigenvalue weighted by Gasteiger charge is 2.60. The van der Waals surface area contributed by atoms with E-state index >= 15 is 0 Å². The van der Waals surface area contributed by atoms with E-state index in [4.69, 9.17) is 21.1 Å². The molecule has 5 rings (SSSR count). The Kier molecular flexibility index (Phi) is 7.51. The molecular formula is C26H28ClFN4O5S. The van der Waals surface area contributed by atoms with Gasteiger partial charge in [-0.15, -0.1) is 17.7 Å². The van der Waals surface area contributed by atoms with Gasteiger partial charge in [-0.3, -0.25) is 4.79 Å². The normalized spacial score (nSPS) is 27.3. The summed E-state index contributed by atoms with van der Waals surface area (Å²) < 4.78 is 27.4. The zero-order chi connectivity index (χ0) is 27.2. The van der Waals surface area contributed by atoms with Crippen LogP contribution in [0.5, 0.6) is 0 Å². The van der Waals surface area contributed by atoms with E-state index in [2.05, 4.69) is 22.9 Å². The van der Waals surface area contributed by atoms with Gasteiger partial charge in [0.25, 0.3) is 5.91 Å². The summed E-state index contributed by atoms with van der Waals surface area (Å²) in [5.74, 6) is -0.645. The molecule has 2 aromatic carbocycles. The summed E-state index contributed by atoms with van der Waals surface area (Å²) in [7, 11) is 1.42. The van der Waals surface area contributed by atoms with Crippen LogP contribution in [0.3, 0.4) is 0 Å². The van der Waals surface area contributed by atoms with Gasteiger partial charge in [-0.1, -0.05) is 28.9 Å². The lowest BCUT2D eigenvalue weighted by atomic mass is 9.73. The number of hydrogen-bond acceptors (Lipinski definition) is 8. The number of nitrogens with zero attached hydrogens (tertiary/aromatic N) is 4. The SMILES string of the molecule is CO[C@H]1[C@@H](S)O[C@H](CO)[C@H](O)C1(c1cc(Cl)ccc1C(=O)N1CCC1)n1cc(-c2ccc(C)c(F)c2)nn1. The first-order valence-corrected chi connectivity index (χ1v) is 13.1. The number of aromatic nitrogens is 3. The van der Waals surface area contributed by atoms with Gasteiger partial charge in [0, 0.05) is 36.3 Å². The fourth-order valence-electron chi connectivity index (χ4n) is 5.19. The predicted molar refractivity (Wildman–Crippen MR) is 141 cm³/mol. The zero-order valence-electron chi connectivity index (χ0n) is 20.8. The zero-order valence-corrected chi connectivity index (χ0v) is 22.4. The molecule has 0 spiro atoms. The van der Waals surface area contributed by atoms with Gasteiger partial charge >= 0.3 is 0 Å². The van der Waals surface area contributed by atoms with Gasteiger partial charge < -0.3 is 24.6 Å². The summed E-state index contributed by atoms with van der Waals surface area (Å²) in [6.07, 6.45) is -1.18. The topological polar surface area (TPSA) is 110 Å².